The fraction of sp³-hybridized carbons (Fsp3) is 0.545. The van der Waals surface area contributed by atoms with Crippen molar-refractivity contribution in [3.63, 3.8) is 0 Å². The lowest BCUT2D eigenvalue weighted by Crippen LogP contribution is -2.49. The standard InChI is InChI=1S/C22H30N4O2S/c1-4-15(3)18(23-19(27)16-10-6-5-7-11-16)20(28)24-22-26-25-21(29-22)17-12-8-9-14(2)13-17/h8-9,12-13,15-16,18H,4-7,10-11H2,1-3H3,(H,23,27)(H,24,26,28)/t15-,18-/m0/s1. The Bertz CT molecular complexity index is 845. The number of hydrogen-bond acceptors (Lipinski definition) is 5. The second-order valence-electron chi connectivity index (χ2n) is 7.98. The summed E-state index contributed by atoms with van der Waals surface area (Å²) in [6, 6.07) is 7.45. The molecule has 0 saturated heterocycles. The summed E-state index contributed by atoms with van der Waals surface area (Å²) >= 11 is 1.34. The average Bonchev–Trinajstić information content (AvgIpc) is 3.20. The number of anilines is 1. The van der Waals surface area contributed by atoms with Crippen LogP contribution in [0.1, 0.15) is 57.9 Å². The average molecular weight is 415 g/mol. The van der Waals surface area contributed by atoms with Crippen LogP contribution in [0.5, 0.6) is 0 Å². The number of rotatable bonds is 7. The predicted octanol–water partition coefficient (Wildman–Crippen LogP) is 4.56. The maximum absolute atomic E-state index is 12.9. The fourth-order valence-corrected chi connectivity index (χ4v) is 4.43. The Morgan fingerprint density at radius 1 is 1.21 bits per heavy atom. The summed E-state index contributed by atoms with van der Waals surface area (Å²) in [6.07, 6.45) is 6.00. The summed E-state index contributed by atoms with van der Waals surface area (Å²) in [6.45, 7) is 6.04. The molecule has 6 nitrogen and oxygen atoms in total. The number of nitrogens with zero attached hydrogens (tertiary/aromatic N) is 2. The number of hydrogen-bond donors (Lipinski definition) is 2. The van der Waals surface area contributed by atoms with Crippen LogP contribution in [0.2, 0.25) is 0 Å². The molecule has 1 aromatic carbocycles. The molecule has 156 valence electrons. The minimum absolute atomic E-state index is 0.00265. The number of carbonyl (C=O) groups excluding carboxylic acids is 2. The zero-order valence-corrected chi connectivity index (χ0v) is 18.2. The summed E-state index contributed by atoms with van der Waals surface area (Å²) in [5.41, 5.74) is 2.12. The summed E-state index contributed by atoms with van der Waals surface area (Å²) < 4.78 is 0. The van der Waals surface area contributed by atoms with Crippen LogP contribution in [-0.4, -0.2) is 28.1 Å². The third-order valence-corrected chi connectivity index (χ3v) is 6.58. The number of amides is 2. The molecule has 0 spiro atoms. The van der Waals surface area contributed by atoms with Crippen LogP contribution >= 0.6 is 11.3 Å². The predicted molar refractivity (Wildman–Crippen MR) is 117 cm³/mol. The topological polar surface area (TPSA) is 84.0 Å². The maximum atomic E-state index is 12.9. The first kappa shape index (κ1) is 21.4. The summed E-state index contributed by atoms with van der Waals surface area (Å²) in [7, 11) is 0. The van der Waals surface area contributed by atoms with E-state index in [-0.39, 0.29) is 23.7 Å². The molecule has 2 amide bonds. The maximum Gasteiger partial charge on any atom is 0.249 e. The highest BCUT2D eigenvalue weighted by atomic mass is 32.1. The van der Waals surface area contributed by atoms with Crippen LogP contribution in [0, 0.1) is 18.8 Å². The van der Waals surface area contributed by atoms with Gasteiger partial charge in [-0.2, -0.15) is 0 Å². The molecule has 2 N–H and O–H groups in total. The van der Waals surface area contributed by atoms with E-state index in [1.54, 1.807) is 0 Å². The molecule has 3 rings (SSSR count). The van der Waals surface area contributed by atoms with Gasteiger partial charge in [-0.3, -0.25) is 14.9 Å². The van der Waals surface area contributed by atoms with Crippen molar-refractivity contribution in [1.29, 1.82) is 0 Å². The van der Waals surface area contributed by atoms with Gasteiger partial charge in [0.25, 0.3) is 0 Å². The smallest absolute Gasteiger partial charge is 0.249 e. The van der Waals surface area contributed by atoms with Crippen LogP contribution in [-0.2, 0) is 9.59 Å². The molecule has 2 atom stereocenters. The molecule has 0 radical (unpaired) electrons. The molecule has 7 heteroatoms. The largest absolute Gasteiger partial charge is 0.344 e. The normalized spacial score (nSPS) is 16.8. The quantitative estimate of drug-likeness (QED) is 0.695. The first-order chi connectivity index (χ1) is 14.0. The number of aromatic nitrogens is 2. The first-order valence-corrected chi connectivity index (χ1v) is 11.3. The zero-order valence-electron chi connectivity index (χ0n) is 17.4. The molecular weight excluding hydrogens is 384 g/mol. The van der Waals surface area contributed by atoms with Crippen molar-refractivity contribution in [3.8, 4) is 10.6 Å². The van der Waals surface area contributed by atoms with Gasteiger partial charge in [0, 0.05) is 11.5 Å². The van der Waals surface area contributed by atoms with Gasteiger partial charge in [0.15, 0.2) is 0 Å². The third-order valence-electron chi connectivity index (χ3n) is 5.69. The van der Waals surface area contributed by atoms with Gasteiger partial charge in [-0.25, -0.2) is 0 Å². The molecule has 1 heterocycles. The lowest BCUT2D eigenvalue weighted by atomic mass is 9.88. The van der Waals surface area contributed by atoms with E-state index < -0.39 is 6.04 Å². The molecule has 29 heavy (non-hydrogen) atoms. The summed E-state index contributed by atoms with van der Waals surface area (Å²) in [4.78, 5) is 25.6. The molecule has 2 aromatic rings. The highest BCUT2D eigenvalue weighted by Gasteiger charge is 2.30. The molecular formula is C22H30N4O2S. The van der Waals surface area contributed by atoms with Crippen LogP contribution < -0.4 is 10.6 Å². The monoisotopic (exact) mass is 414 g/mol. The van der Waals surface area contributed by atoms with E-state index in [1.807, 2.05) is 45.0 Å². The lowest BCUT2D eigenvalue weighted by Gasteiger charge is -2.27. The van der Waals surface area contributed by atoms with Gasteiger partial charge in [0.1, 0.15) is 11.0 Å². The van der Waals surface area contributed by atoms with Gasteiger partial charge in [0.05, 0.1) is 0 Å². The molecule has 0 bridgehead atoms. The number of nitrogens with one attached hydrogen (secondary N) is 2. The van der Waals surface area contributed by atoms with E-state index in [0.29, 0.717) is 5.13 Å². The minimum Gasteiger partial charge on any atom is -0.344 e. The lowest BCUT2D eigenvalue weighted by molar-refractivity contribution is -0.130. The van der Waals surface area contributed by atoms with E-state index >= 15 is 0 Å². The van der Waals surface area contributed by atoms with Gasteiger partial charge in [-0.15, -0.1) is 10.2 Å². The van der Waals surface area contributed by atoms with E-state index in [2.05, 4.69) is 20.8 Å². The molecule has 1 fully saturated rings. The molecule has 1 saturated carbocycles. The van der Waals surface area contributed by atoms with Crippen LogP contribution in [0.25, 0.3) is 10.6 Å². The van der Waals surface area contributed by atoms with Gasteiger partial charge in [-0.1, -0.05) is 74.6 Å². The van der Waals surface area contributed by atoms with E-state index in [1.165, 1.54) is 17.8 Å². The Hall–Kier alpha value is -2.28. The Balaban J connectivity index is 1.67. The van der Waals surface area contributed by atoms with Gasteiger partial charge < -0.3 is 5.32 Å². The van der Waals surface area contributed by atoms with Gasteiger partial charge in [-0.05, 0) is 31.7 Å². The zero-order chi connectivity index (χ0) is 20.8. The van der Waals surface area contributed by atoms with Crippen molar-refractivity contribution in [2.24, 2.45) is 11.8 Å². The second-order valence-corrected chi connectivity index (χ2v) is 8.96. The summed E-state index contributed by atoms with van der Waals surface area (Å²) in [5.74, 6) is -0.164. The third kappa shape index (κ3) is 5.63. The van der Waals surface area contributed by atoms with Crippen molar-refractivity contribution in [3.05, 3.63) is 29.8 Å². The Morgan fingerprint density at radius 2 is 1.97 bits per heavy atom. The Kier molecular flexibility index (Phi) is 7.36. The van der Waals surface area contributed by atoms with E-state index in [9.17, 15) is 9.59 Å². The molecule has 1 aromatic heterocycles. The Labute approximate surface area is 176 Å². The van der Waals surface area contributed by atoms with Crippen molar-refractivity contribution in [1.82, 2.24) is 15.5 Å². The molecule has 0 unspecified atom stereocenters. The Morgan fingerprint density at radius 3 is 2.66 bits per heavy atom. The van der Waals surface area contributed by atoms with Gasteiger partial charge >= 0.3 is 0 Å². The highest BCUT2D eigenvalue weighted by Crippen LogP contribution is 2.28. The second kappa shape index (κ2) is 9.96. The SMILES string of the molecule is CC[C@H](C)[C@H](NC(=O)C1CCCCC1)C(=O)Nc1nnc(-c2cccc(C)c2)s1. The number of carbonyl (C=O) groups is 2. The van der Waals surface area contributed by atoms with Gasteiger partial charge in [0.2, 0.25) is 16.9 Å². The first-order valence-electron chi connectivity index (χ1n) is 10.5. The highest BCUT2D eigenvalue weighted by molar-refractivity contribution is 7.18. The molecule has 1 aliphatic carbocycles. The fourth-order valence-electron chi connectivity index (χ4n) is 3.69. The van der Waals surface area contributed by atoms with Crippen LogP contribution in [0.4, 0.5) is 5.13 Å². The van der Waals surface area contributed by atoms with Crippen LogP contribution in [0.3, 0.4) is 0 Å². The summed E-state index contributed by atoms with van der Waals surface area (Å²) in [5, 5.41) is 15.4. The van der Waals surface area contributed by atoms with Crippen molar-refractivity contribution in [2.75, 3.05) is 5.32 Å². The van der Waals surface area contributed by atoms with Crippen molar-refractivity contribution < 1.29 is 9.59 Å². The minimum atomic E-state index is -0.569. The van der Waals surface area contributed by atoms with Crippen molar-refractivity contribution >= 4 is 28.3 Å². The van der Waals surface area contributed by atoms with E-state index in [4.69, 9.17) is 0 Å². The number of benzene rings is 1. The van der Waals surface area contributed by atoms with E-state index in [0.717, 1.165) is 48.2 Å². The molecule has 0 aliphatic heterocycles. The van der Waals surface area contributed by atoms with Crippen molar-refractivity contribution in [2.45, 2.75) is 65.3 Å². The number of aryl methyl sites for hydroxylation is 1. The van der Waals surface area contributed by atoms with Crippen LogP contribution in [0.15, 0.2) is 24.3 Å². The molecule has 1 aliphatic rings.